The van der Waals surface area contributed by atoms with Gasteiger partial charge >= 0.3 is 11.8 Å². The number of rotatable bonds is 3. The van der Waals surface area contributed by atoms with Crippen molar-refractivity contribution in [2.45, 2.75) is 32.4 Å². The van der Waals surface area contributed by atoms with Crippen molar-refractivity contribution < 1.29 is 14.7 Å². The summed E-state index contributed by atoms with van der Waals surface area (Å²) in [5.41, 5.74) is 1.24. The van der Waals surface area contributed by atoms with Crippen molar-refractivity contribution in [1.82, 2.24) is 15.2 Å². The molecule has 2 aromatic rings. The summed E-state index contributed by atoms with van der Waals surface area (Å²) in [5.74, 6) is -1.46. The molecule has 0 aliphatic heterocycles. The van der Waals surface area contributed by atoms with Crippen LogP contribution in [-0.4, -0.2) is 33.6 Å². The summed E-state index contributed by atoms with van der Waals surface area (Å²) in [4.78, 5) is 23.5. The van der Waals surface area contributed by atoms with Crippen LogP contribution in [0.15, 0.2) is 30.5 Å². The van der Waals surface area contributed by atoms with Crippen LogP contribution in [0.3, 0.4) is 0 Å². The van der Waals surface area contributed by atoms with Crippen molar-refractivity contribution in [2.24, 2.45) is 7.05 Å². The highest BCUT2D eigenvalue weighted by molar-refractivity contribution is 6.35. The molecule has 0 radical (unpaired) electrons. The Morgan fingerprint density at radius 1 is 1.22 bits per heavy atom. The molecule has 1 atom stereocenters. The number of aliphatic hydroxyl groups excluding tert-OH is 1. The first kappa shape index (κ1) is 17.0. The Morgan fingerprint density at radius 3 is 2.52 bits per heavy atom. The third kappa shape index (κ3) is 4.10. The van der Waals surface area contributed by atoms with Crippen LogP contribution in [0.4, 0.5) is 0 Å². The molecule has 0 fully saturated rings. The zero-order chi connectivity index (χ0) is 17.2. The van der Waals surface area contributed by atoms with E-state index in [-0.39, 0.29) is 6.54 Å². The molecule has 1 unspecified atom stereocenters. The van der Waals surface area contributed by atoms with Crippen molar-refractivity contribution in [3.8, 4) is 0 Å². The largest absolute Gasteiger partial charge is 0.386 e. The molecule has 2 amide bonds. The summed E-state index contributed by atoms with van der Waals surface area (Å²) in [6.07, 6.45) is 0.948. The molecule has 0 aliphatic carbocycles. The molecule has 0 spiro atoms. The van der Waals surface area contributed by atoms with Gasteiger partial charge in [0, 0.05) is 41.8 Å². The summed E-state index contributed by atoms with van der Waals surface area (Å²) in [6.45, 7) is 5.36. The van der Waals surface area contributed by atoms with Crippen molar-refractivity contribution >= 4 is 22.7 Å². The van der Waals surface area contributed by atoms with Crippen LogP contribution in [0.5, 0.6) is 0 Å². The zero-order valence-corrected chi connectivity index (χ0v) is 13.9. The number of nitrogens with one attached hydrogen (secondary N) is 2. The number of hydrogen-bond donors (Lipinski definition) is 3. The Balaban J connectivity index is 2.03. The molecule has 1 heterocycles. The molecular formula is C17H23N3O3. The smallest absolute Gasteiger partial charge is 0.309 e. The van der Waals surface area contributed by atoms with Crippen molar-refractivity contribution in [3.63, 3.8) is 0 Å². The quantitative estimate of drug-likeness (QED) is 0.745. The van der Waals surface area contributed by atoms with Gasteiger partial charge in [0.1, 0.15) is 0 Å². The molecule has 2 rings (SSSR count). The molecule has 124 valence electrons. The van der Waals surface area contributed by atoms with E-state index in [1.165, 1.54) is 0 Å². The standard InChI is InChI=1S/C17H23N3O3/c1-17(2,3)19-16(23)15(22)18-9-14(21)12-10-20(4)13-8-6-5-7-11(12)13/h5-8,10,14,21H,9H2,1-4H3,(H,18,22)(H,19,23). The van der Waals surface area contributed by atoms with Gasteiger partial charge in [-0.05, 0) is 26.8 Å². The van der Waals surface area contributed by atoms with Crippen LogP contribution in [-0.2, 0) is 16.6 Å². The van der Waals surface area contributed by atoms with Gasteiger partial charge in [0.05, 0.1) is 6.10 Å². The number of aromatic nitrogens is 1. The minimum absolute atomic E-state index is 0.0234. The number of para-hydroxylation sites is 1. The predicted octanol–water partition coefficient (Wildman–Crippen LogP) is 1.24. The molecule has 0 aliphatic rings. The molecule has 0 saturated carbocycles. The Labute approximate surface area is 135 Å². The van der Waals surface area contributed by atoms with Crippen LogP contribution in [0, 0.1) is 0 Å². The molecule has 6 heteroatoms. The number of benzene rings is 1. The lowest BCUT2D eigenvalue weighted by Gasteiger charge is -2.20. The van der Waals surface area contributed by atoms with E-state index >= 15 is 0 Å². The first-order valence-corrected chi connectivity index (χ1v) is 7.51. The van der Waals surface area contributed by atoms with Crippen molar-refractivity contribution in [2.75, 3.05) is 6.54 Å². The van der Waals surface area contributed by atoms with Gasteiger partial charge in [-0.1, -0.05) is 18.2 Å². The maximum Gasteiger partial charge on any atom is 0.309 e. The summed E-state index contributed by atoms with van der Waals surface area (Å²) in [5, 5.41) is 16.3. The number of amides is 2. The highest BCUT2D eigenvalue weighted by Crippen LogP contribution is 2.25. The second-order valence-electron chi connectivity index (χ2n) is 6.64. The van der Waals surface area contributed by atoms with Crippen molar-refractivity contribution in [1.29, 1.82) is 0 Å². The van der Waals surface area contributed by atoms with Gasteiger partial charge in [0.25, 0.3) is 0 Å². The van der Waals surface area contributed by atoms with Gasteiger partial charge < -0.3 is 20.3 Å². The fraction of sp³-hybridized carbons (Fsp3) is 0.412. The Morgan fingerprint density at radius 2 is 1.87 bits per heavy atom. The molecule has 6 nitrogen and oxygen atoms in total. The van der Waals surface area contributed by atoms with Gasteiger partial charge in [-0.25, -0.2) is 0 Å². The van der Waals surface area contributed by atoms with E-state index in [0.29, 0.717) is 0 Å². The molecule has 3 N–H and O–H groups in total. The second-order valence-corrected chi connectivity index (χ2v) is 6.64. The molecule has 1 aromatic heterocycles. The fourth-order valence-electron chi connectivity index (χ4n) is 2.42. The van der Waals surface area contributed by atoms with Gasteiger partial charge in [0.2, 0.25) is 0 Å². The summed E-state index contributed by atoms with van der Waals surface area (Å²) in [7, 11) is 1.90. The predicted molar refractivity (Wildman–Crippen MR) is 88.8 cm³/mol. The van der Waals surface area contributed by atoms with Gasteiger partial charge in [0.15, 0.2) is 0 Å². The number of carbonyl (C=O) groups is 2. The third-order valence-electron chi connectivity index (χ3n) is 3.44. The first-order chi connectivity index (χ1) is 10.7. The number of hydrogen-bond acceptors (Lipinski definition) is 3. The topological polar surface area (TPSA) is 83.4 Å². The number of fused-ring (bicyclic) bond motifs is 1. The van der Waals surface area contributed by atoms with Crippen LogP contribution < -0.4 is 10.6 Å². The first-order valence-electron chi connectivity index (χ1n) is 7.51. The number of aryl methyl sites for hydroxylation is 1. The Hall–Kier alpha value is -2.34. The third-order valence-corrected chi connectivity index (χ3v) is 3.44. The van der Waals surface area contributed by atoms with Gasteiger partial charge in [-0.2, -0.15) is 0 Å². The van der Waals surface area contributed by atoms with Gasteiger partial charge in [-0.3, -0.25) is 9.59 Å². The number of aliphatic hydroxyl groups is 1. The molecular weight excluding hydrogens is 294 g/mol. The molecule has 23 heavy (non-hydrogen) atoms. The molecule has 0 saturated heterocycles. The molecule has 1 aromatic carbocycles. The van der Waals surface area contributed by atoms with Crippen LogP contribution >= 0.6 is 0 Å². The summed E-state index contributed by atoms with van der Waals surface area (Å²) >= 11 is 0. The highest BCUT2D eigenvalue weighted by Gasteiger charge is 2.21. The Bertz CT molecular complexity index is 728. The van der Waals surface area contributed by atoms with E-state index in [0.717, 1.165) is 16.5 Å². The second kappa shape index (κ2) is 6.42. The Kier molecular flexibility index (Phi) is 4.75. The number of carbonyl (C=O) groups excluding carboxylic acids is 2. The van der Waals surface area contributed by atoms with Crippen LogP contribution in [0.25, 0.3) is 10.9 Å². The lowest BCUT2D eigenvalue weighted by atomic mass is 10.1. The molecule has 0 bridgehead atoms. The van der Waals surface area contributed by atoms with E-state index in [1.54, 1.807) is 20.8 Å². The van der Waals surface area contributed by atoms with E-state index in [9.17, 15) is 14.7 Å². The van der Waals surface area contributed by atoms with Crippen molar-refractivity contribution in [3.05, 3.63) is 36.0 Å². The average molecular weight is 317 g/mol. The highest BCUT2D eigenvalue weighted by atomic mass is 16.3. The average Bonchev–Trinajstić information content (AvgIpc) is 2.80. The number of nitrogens with zero attached hydrogens (tertiary/aromatic N) is 1. The van der Waals surface area contributed by atoms with E-state index < -0.39 is 23.5 Å². The lowest BCUT2D eigenvalue weighted by Crippen LogP contribution is -2.48. The summed E-state index contributed by atoms with van der Waals surface area (Å²) < 4.78 is 1.92. The summed E-state index contributed by atoms with van der Waals surface area (Å²) in [6, 6.07) is 7.70. The van der Waals surface area contributed by atoms with Gasteiger partial charge in [-0.15, -0.1) is 0 Å². The zero-order valence-electron chi connectivity index (χ0n) is 13.9. The van der Waals surface area contributed by atoms with E-state index in [1.807, 2.05) is 42.1 Å². The lowest BCUT2D eigenvalue weighted by molar-refractivity contribution is -0.140. The minimum atomic E-state index is -0.882. The van der Waals surface area contributed by atoms with Crippen LogP contribution in [0.2, 0.25) is 0 Å². The SMILES string of the molecule is Cn1cc(C(O)CNC(=O)C(=O)NC(C)(C)C)c2ccccc21. The normalized spacial score (nSPS) is 12.9. The fourth-order valence-corrected chi connectivity index (χ4v) is 2.42. The monoisotopic (exact) mass is 317 g/mol. The van der Waals surface area contributed by atoms with E-state index in [2.05, 4.69) is 10.6 Å². The minimum Gasteiger partial charge on any atom is -0.386 e. The van der Waals surface area contributed by atoms with E-state index in [4.69, 9.17) is 0 Å². The maximum absolute atomic E-state index is 11.8. The maximum atomic E-state index is 11.8. The van der Waals surface area contributed by atoms with Crippen LogP contribution in [0.1, 0.15) is 32.4 Å².